The maximum absolute atomic E-state index is 11.9. The Kier molecular flexibility index (Phi) is 7.99. The molecule has 1 amide bonds. The van der Waals surface area contributed by atoms with Crippen LogP contribution in [0.25, 0.3) is 0 Å². The van der Waals surface area contributed by atoms with Crippen LogP contribution in [0.4, 0.5) is 0 Å². The molecule has 0 radical (unpaired) electrons. The molecule has 3 atom stereocenters. The van der Waals surface area contributed by atoms with Gasteiger partial charge in [-0.05, 0) is 37.5 Å². The Morgan fingerprint density at radius 2 is 1.89 bits per heavy atom. The smallest absolute Gasteiger partial charge is 0.220 e. The van der Waals surface area contributed by atoms with E-state index in [1.54, 1.807) is 0 Å². The van der Waals surface area contributed by atoms with E-state index in [2.05, 4.69) is 26.1 Å². The minimum absolute atomic E-state index is 0. The predicted molar refractivity (Wildman–Crippen MR) is 83.5 cm³/mol. The highest BCUT2D eigenvalue weighted by Gasteiger charge is 2.34. The average Bonchev–Trinajstić information content (AvgIpc) is 2.25. The summed E-state index contributed by atoms with van der Waals surface area (Å²) in [6.07, 6.45) is 6.25. The Balaban J connectivity index is 0.00000324. The van der Waals surface area contributed by atoms with Crippen LogP contribution in [0.3, 0.4) is 0 Å². The molecule has 0 spiro atoms. The number of halogens is 1. The molecule has 3 nitrogen and oxygen atoms in total. The number of nitrogens with one attached hydrogen (secondary N) is 1. The Hall–Kier alpha value is -0.280. The molecule has 0 aromatic heterocycles. The van der Waals surface area contributed by atoms with Gasteiger partial charge < -0.3 is 11.1 Å². The van der Waals surface area contributed by atoms with Crippen LogP contribution < -0.4 is 11.1 Å². The molecular formula is C15H31ClN2O. The van der Waals surface area contributed by atoms with E-state index in [1.165, 1.54) is 19.3 Å². The van der Waals surface area contributed by atoms with Gasteiger partial charge in [0.05, 0.1) is 0 Å². The van der Waals surface area contributed by atoms with Crippen molar-refractivity contribution in [2.45, 2.75) is 78.3 Å². The summed E-state index contributed by atoms with van der Waals surface area (Å²) in [6, 6.07) is 0.472. The maximum atomic E-state index is 11.9. The topological polar surface area (TPSA) is 55.1 Å². The first-order valence-electron chi connectivity index (χ1n) is 7.35. The third-order valence-corrected chi connectivity index (χ3v) is 4.05. The van der Waals surface area contributed by atoms with Gasteiger partial charge in [-0.3, -0.25) is 4.79 Å². The lowest BCUT2D eigenvalue weighted by Gasteiger charge is -2.40. The van der Waals surface area contributed by atoms with E-state index in [9.17, 15) is 4.79 Å². The van der Waals surface area contributed by atoms with Crippen molar-refractivity contribution in [2.24, 2.45) is 17.1 Å². The molecule has 3 N–H and O–H groups in total. The lowest BCUT2D eigenvalue weighted by Crippen LogP contribution is -2.46. The summed E-state index contributed by atoms with van der Waals surface area (Å²) < 4.78 is 0. The van der Waals surface area contributed by atoms with Crippen molar-refractivity contribution in [3.05, 3.63) is 0 Å². The van der Waals surface area contributed by atoms with Crippen molar-refractivity contribution in [1.82, 2.24) is 5.32 Å². The summed E-state index contributed by atoms with van der Waals surface area (Å²) in [6.45, 7) is 8.80. The first-order chi connectivity index (χ1) is 8.30. The zero-order chi connectivity index (χ0) is 13.8. The molecule has 1 aliphatic rings. The van der Waals surface area contributed by atoms with Crippen LogP contribution in [0.5, 0.6) is 0 Å². The number of carbonyl (C=O) groups is 1. The van der Waals surface area contributed by atoms with Crippen molar-refractivity contribution in [1.29, 1.82) is 0 Å². The van der Waals surface area contributed by atoms with Crippen LogP contribution in [0, 0.1) is 11.3 Å². The van der Waals surface area contributed by atoms with E-state index in [0.717, 1.165) is 12.8 Å². The molecule has 3 unspecified atom stereocenters. The summed E-state index contributed by atoms with van der Waals surface area (Å²) in [7, 11) is 0. The van der Waals surface area contributed by atoms with Gasteiger partial charge in [-0.15, -0.1) is 12.4 Å². The van der Waals surface area contributed by atoms with Gasteiger partial charge in [0.2, 0.25) is 5.91 Å². The molecule has 0 bridgehead atoms. The average molecular weight is 291 g/mol. The quantitative estimate of drug-likeness (QED) is 0.835. The molecule has 1 aliphatic carbocycles. The molecule has 0 aliphatic heterocycles. The van der Waals surface area contributed by atoms with Gasteiger partial charge in [0, 0.05) is 18.5 Å². The van der Waals surface area contributed by atoms with Gasteiger partial charge >= 0.3 is 0 Å². The third kappa shape index (κ3) is 6.62. The highest BCUT2D eigenvalue weighted by molar-refractivity contribution is 5.85. The third-order valence-electron chi connectivity index (χ3n) is 4.05. The second-order valence-corrected chi connectivity index (χ2v) is 6.95. The normalized spacial score (nSPS) is 25.3. The molecule has 0 heterocycles. The fraction of sp³-hybridized carbons (Fsp3) is 0.933. The van der Waals surface area contributed by atoms with Crippen LogP contribution in [0.1, 0.15) is 66.2 Å². The molecule has 1 fully saturated rings. The Bertz CT molecular complexity index is 274. The SMILES string of the molecule is CC(N)CCC(=O)NC1CCCCC1C(C)(C)C.Cl. The molecule has 1 rings (SSSR count). The van der Waals surface area contributed by atoms with E-state index >= 15 is 0 Å². The number of hydrogen-bond donors (Lipinski definition) is 2. The van der Waals surface area contributed by atoms with Gasteiger partial charge in [-0.2, -0.15) is 0 Å². The van der Waals surface area contributed by atoms with E-state index in [1.807, 2.05) is 6.92 Å². The number of nitrogens with two attached hydrogens (primary N) is 1. The summed E-state index contributed by atoms with van der Waals surface area (Å²) in [4.78, 5) is 11.9. The fourth-order valence-electron chi connectivity index (χ4n) is 2.98. The largest absolute Gasteiger partial charge is 0.353 e. The van der Waals surface area contributed by atoms with Gasteiger partial charge in [-0.25, -0.2) is 0 Å². The monoisotopic (exact) mass is 290 g/mol. The second kappa shape index (κ2) is 8.11. The molecule has 0 aromatic carbocycles. The first kappa shape index (κ1) is 18.7. The lowest BCUT2D eigenvalue weighted by molar-refractivity contribution is -0.123. The van der Waals surface area contributed by atoms with Crippen molar-refractivity contribution in [2.75, 3.05) is 0 Å². The van der Waals surface area contributed by atoms with Gasteiger partial charge in [0.15, 0.2) is 0 Å². The lowest BCUT2D eigenvalue weighted by atomic mass is 9.69. The van der Waals surface area contributed by atoms with Crippen molar-refractivity contribution in [3.8, 4) is 0 Å². The second-order valence-electron chi connectivity index (χ2n) is 6.95. The van der Waals surface area contributed by atoms with Crippen molar-refractivity contribution < 1.29 is 4.79 Å². The summed E-state index contributed by atoms with van der Waals surface area (Å²) in [5.74, 6) is 0.777. The molecular weight excluding hydrogens is 260 g/mol. The van der Waals surface area contributed by atoms with Crippen molar-refractivity contribution in [3.63, 3.8) is 0 Å². The minimum Gasteiger partial charge on any atom is -0.353 e. The van der Waals surface area contributed by atoms with Gasteiger partial charge in [0.1, 0.15) is 0 Å². The highest BCUT2D eigenvalue weighted by Crippen LogP contribution is 2.37. The van der Waals surface area contributed by atoms with Crippen LogP contribution in [-0.2, 0) is 4.79 Å². The minimum atomic E-state index is 0. The van der Waals surface area contributed by atoms with Crippen LogP contribution in [0.15, 0.2) is 0 Å². The Labute approximate surface area is 124 Å². The molecule has 114 valence electrons. The van der Waals surface area contributed by atoms with Crippen molar-refractivity contribution >= 4 is 18.3 Å². The molecule has 0 aromatic rings. The van der Waals surface area contributed by atoms with E-state index in [-0.39, 0.29) is 29.8 Å². The number of rotatable bonds is 4. The van der Waals surface area contributed by atoms with E-state index in [0.29, 0.717) is 18.4 Å². The molecule has 0 saturated heterocycles. The van der Waals surface area contributed by atoms with Gasteiger partial charge in [-0.1, -0.05) is 33.6 Å². The van der Waals surface area contributed by atoms with Crippen LogP contribution in [0.2, 0.25) is 0 Å². The van der Waals surface area contributed by atoms with Crippen LogP contribution in [-0.4, -0.2) is 18.0 Å². The standard InChI is InChI=1S/C15H30N2O.ClH/c1-11(16)9-10-14(18)17-13-8-6-5-7-12(13)15(2,3)4;/h11-13H,5-10,16H2,1-4H3,(H,17,18);1H. The fourth-order valence-corrected chi connectivity index (χ4v) is 2.98. The van der Waals surface area contributed by atoms with E-state index < -0.39 is 0 Å². The molecule has 19 heavy (non-hydrogen) atoms. The maximum Gasteiger partial charge on any atom is 0.220 e. The zero-order valence-electron chi connectivity index (χ0n) is 12.9. The molecule has 1 saturated carbocycles. The first-order valence-corrected chi connectivity index (χ1v) is 7.35. The Morgan fingerprint density at radius 1 is 1.32 bits per heavy atom. The summed E-state index contributed by atoms with van der Waals surface area (Å²) >= 11 is 0. The molecule has 4 heteroatoms. The Morgan fingerprint density at radius 3 is 2.42 bits per heavy atom. The zero-order valence-corrected chi connectivity index (χ0v) is 13.7. The van der Waals surface area contributed by atoms with Crippen LogP contribution >= 0.6 is 12.4 Å². The summed E-state index contributed by atoms with van der Waals surface area (Å²) in [5.41, 5.74) is 5.97. The number of carbonyl (C=O) groups excluding carboxylic acids is 1. The van der Waals surface area contributed by atoms with Gasteiger partial charge in [0.25, 0.3) is 0 Å². The summed E-state index contributed by atoms with van der Waals surface area (Å²) in [5, 5.41) is 3.24. The van der Waals surface area contributed by atoms with E-state index in [4.69, 9.17) is 5.73 Å². The number of hydrogen-bond acceptors (Lipinski definition) is 2. The number of amides is 1. The highest BCUT2D eigenvalue weighted by atomic mass is 35.5. The predicted octanol–water partition coefficient (Wildman–Crippen LogP) is 3.26.